The summed E-state index contributed by atoms with van der Waals surface area (Å²) in [5.74, 6) is 1.65. The lowest BCUT2D eigenvalue weighted by molar-refractivity contribution is 0.221. The molecule has 0 amide bonds. The van der Waals surface area contributed by atoms with E-state index in [2.05, 4.69) is 50.2 Å². The van der Waals surface area contributed by atoms with Gasteiger partial charge in [-0.2, -0.15) is 15.2 Å². The predicted octanol–water partition coefficient (Wildman–Crippen LogP) is 3.32. The van der Waals surface area contributed by atoms with Crippen LogP contribution in [0, 0.1) is 12.8 Å². The molecule has 7 nitrogen and oxygen atoms in total. The van der Waals surface area contributed by atoms with Crippen molar-refractivity contribution in [1.29, 1.82) is 0 Å². The highest BCUT2D eigenvalue weighted by atomic mass is 15.3. The summed E-state index contributed by atoms with van der Waals surface area (Å²) in [5, 5.41) is 8.86. The lowest BCUT2D eigenvalue weighted by Gasteiger charge is -2.34. The first kappa shape index (κ1) is 18.2. The Kier molecular flexibility index (Phi) is 4.75. The summed E-state index contributed by atoms with van der Waals surface area (Å²) in [7, 11) is 0. The third-order valence-corrected chi connectivity index (χ3v) is 6.08. The van der Waals surface area contributed by atoms with Crippen molar-refractivity contribution >= 4 is 11.5 Å². The monoisotopic (exact) mass is 389 g/mol. The highest BCUT2D eigenvalue weighted by Gasteiger charge is 2.25. The van der Waals surface area contributed by atoms with E-state index in [1.165, 1.54) is 29.8 Å². The standard InChI is InChI=1S/C22H27N7/c1-16-6-7-18(12-20(16)28-10-4-8-24-28)13-27-9-3-5-19(14-27)21-11-17(2)26-22-23-15-25-29(21)22/h4,7-8,10-12,15-16,19H,3,5-6,9,13-14H2,1-2H3. The Morgan fingerprint density at radius 1 is 1.24 bits per heavy atom. The van der Waals surface area contributed by atoms with Crippen molar-refractivity contribution in [1.82, 2.24) is 34.3 Å². The lowest BCUT2D eigenvalue weighted by Crippen LogP contribution is -2.36. The molecule has 7 heteroatoms. The van der Waals surface area contributed by atoms with Crippen LogP contribution in [0.4, 0.5) is 0 Å². The lowest BCUT2D eigenvalue weighted by atomic mass is 9.91. The Hall–Kier alpha value is -2.80. The molecule has 2 aliphatic rings. The van der Waals surface area contributed by atoms with E-state index in [1.807, 2.05) is 34.6 Å². The number of hydrogen-bond donors (Lipinski definition) is 0. The number of likely N-dealkylation sites (tertiary alicyclic amines) is 1. The molecule has 1 fully saturated rings. The number of rotatable bonds is 4. The minimum absolute atomic E-state index is 0.451. The van der Waals surface area contributed by atoms with Gasteiger partial charge >= 0.3 is 0 Å². The Morgan fingerprint density at radius 3 is 3.03 bits per heavy atom. The molecule has 2 unspecified atom stereocenters. The maximum atomic E-state index is 4.49. The summed E-state index contributed by atoms with van der Waals surface area (Å²) in [4.78, 5) is 11.4. The first-order chi connectivity index (χ1) is 14.2. The van der Waals surface area contributed by atoms with Crippen LogP contribution in [-0.4, -0.2) is 53.9 Å². The summed E-state index contributed by atoms with van der Waals surface area (Å²) in [6.45, 7) is 7.47. The molecule has 0 aromatic carbocycles. The molecule has 150 valence electrons. The molecule has 1 saturated heterocycles. The van der Waals surface area contributed by atoms with E-state index in [1.54, 1.807) is 6.33 Å². The summed E-state index contributed by atoms with van der Waals surface area (Å²) >= 11 is 0. The van der Waals surface area contributed by atoms with Crippen LogP contribution in [0.1, 0.15) is 43.5 Å². The van der Waals surface area contributed by atoms with Gasteiger partial charge in [-0.15, -0.1) is 0 Å². The second kappa shape index (κ2) is 7.55. The van der Waals surface area contributed by atoms with Gasteiger partial charge in [0.2, 0.25) is 0 Å². The van der Waals surface area contributed by atoms with Crippen LogP contribution in [0.5, 0.6) is 0 Å². The summed E-state index contributed by atoms with van der Waals surface area (Å²) in [6, 6.07) is 4.16. The molecule has 4 heterocycles. The third kappa shape index (κ3) is 3.62. The van der Waals surface area contributed by atoms with Gasteiger partial charge < -0.3 is 0 Å². The van der Waals surface area contributed by atoms with Gasteiger partial charge in [-0.25, -0.2) is 14.2 Å². The van der Waals surface area contributed by atoms with Crippen molar-refractivity contribution in [3.63, 3.8) is 0 Å². The highest BCUT2D eigenvalue weighted by Crippen LogP contribution is 2.30. The van der Waals surface area contributed by atoms with E-state index >= 15 is 0 Å². The average molecular weight is 390 g/mol. The first-order valence-corrected chi connectivity index (χ1v) is 10.5. The summed E-state index contributed by atoms with van der Waals surface area (Å²) in [6.07, 6.45) is 13.7. The Morgan fingerprint density at radius 2 is 2.17 bits per heavy atom. The van der Waals surface area contributed by atoms with E-state index in [-0.39, 0.29) is 0 Å². The third-order valence-electron chi connectivity index (χ3n) is 6.08. The SMILES string of the molecule is Cc1cc(C2CCCN(CC3=CCC(C)C(n4cccn4)=C3)C2)n2ncnc2n1. The fraction of sp³-hybridized carbons (Fsp3) is 0.455. The second-order valence-electron chi connectivity index (χ2n) is 8.30. The van der Waals surface area contributed by atoms with Gasteiger partial charge in [-0.1, -0.05) is 13.0 Å². The van der Waals surface area contributed by atoms with Crippen molar-refractivity contribution in [2.24, 2.45) is 5.92 Å². The van der Waals surface area contributed by atoms with Crippen LogP contribution in [0.2, 0.25) is 0 Å². The molecular formula is C22H27N7. The van der Waals surface area contributed by atoms with Gasteiger partial charge in [0.15, 0.2) is 0 Å². The molecule has 1 aliphatic heterocycles. The van der Waals surface area contributed by atoms with E-state index in [4.69, 9.17) is 0 Å². The Bertz CT molecular complexity index is 1060. The molecule has 0 spiro atoms. The van der Waals surface area contributed by atoms with Crippen molar-refractivity contribution in [2.45, 2.75) is 39.0 Å². The van der Waals surface area contributed by atoms with Crippen LogP contribution in [-0.2, 0) is 0 Å². The number of hydrogen-bond acceptors (Lipinski definition) is 5. The zero-order valence-corrected chi connectivity index (χ0v) is 17.1. The topological polar surface area (TPSA) is 64.1 Å². The molecule has 3 aromatic rings. The molecule has 5 rings (SSSR count). The van der Waals surface area contributed by atoms with Crippen molar-refractivity contribution in [2.75, 3.05) is 19.6 Å². The maximum absolute atomic E-state index is 4.49. The van der Waals surface area contributed by atoms with Gasteiger partial charge in [0.05, 0.1) is 5.69 Å². The molecule has 0 N–H and O–H groups in total. The first-order valence-electron chi connectivity index (χ1n) is 10.5. The van der Waals surface area contributed by atoms with Crippen LogP contribution in [0.3, 0.4) is 0 Å². The van der Waals surface area contributed by atoms with Crippen molar-refractivity contribution in [3.8, 4) is 0 Å². The fourth-order valence-corrected chi connectivity index (χ4v) is 4.61. The normalized spacial score (nSPS) is 23.2. The molecule has 29 heavy (non-hydrogen) atoms. The molecule has 0 saturated carbocycles. The minimum Gasteiger partial charge on any atom is -0.298 e. The zero-order chi connectivity index (χ0) is 19.8. The number of fused-ring (bicyclic) bond motifs is 1. The van der Waals surface area contributed by atoms with E-state index in [9.17, 15) is 0 Å². The van der Waals surface area contributed by atoms with Crippen molar-refractivity contribution in [3.05, 3.63) is 60.0 Å². The number of nitrogens with zero attached hydrogens (tertiary/aromatic N) is 7. The maximum Gasteiger partial charge on any atom is 0.252 e. The van der Waals surface area contributed by atoms with E-state index < -0.39 is 0 Å². The second-order valence-corrected chi connectivity index (χ2v) is 8.30. The van der Waals surface area contributed by atoms with Gasteiger partial charge in [-0.05, 0) is 56.5 Å². The minimum atomic E-state index is 0.451. The van der Waals surface area contributed by atoms with Gasteiger partial charge in [0.1, 0.15) is 6.33 Å². The smallest absolute Gasteiger partial charge is 0.252 e. The molecule has 0 bridgehead atoms. The fourth-order valence-electron chi connectivity index (χ4n) is 4.61. The van der Waals surface area contributed by atoms with Crippen molar-refractivity contribution < 1.29 is 0 Å². The number of piperidine rings is 1. The molecule has 2 atom stereocenters. The Labute approximate surface area is 170 Å². The largest absolute Gasteiger partial charge is 0.298 e. The van der Waals surface area contributed by atoms with Crippen LogP contribution < -0.4 is 0 Å². The molecule has 0 radical (unpaired) electrons. The quantitative estimate of drug-likeness (QED) is 0.685. The van der Waals surface area contributed by atoms with Gasteiger partial charge in [-0.3, -0.25) is 4.90 Å². The van der Waals surface area contributed by atoms with Crippen LogP contribution >= 0.6 is 0 Å². The van der Waals surface area contributed by atoms with Crippen LogP contribution in [0.15, 0.2) is 48.6 Å². The van der Waals surface area contributed by atoms with Crippen LogP contribution in [0.25, 0.3) is 11.5 Å². The summed E-state index contributed by atoms with van der Waals surface area (Å²) < 4.78 is 3.93. The zero-order valence-electron chi connectivity index (χ0n) is 17.1. The summed E-state index contributed by atoms with van der Waals surface area (Å²) in [5.41, 5.74) is 4.92. The predicted molar refractivity (Wildman–Crippen MR) is 112 cm³/mol. The molecule has 3 aromatic heterocycles. The molecular weight excluding hydrogens is 362 g/mol. The number of allylic oxidation sites excluding steroid dienone is 2. The van der Waals surface area contributed by atoms with E-state index in [0.717, 1.165) is 31.7 Å². The molecule has 1 aliphatic carbocycles. The number of aryl methyl sites for hydroxylation is 1. The van der Waals surface area contributed by atoms with E-state index in [0.29, 0.717) is 17.6 Å². The highest BCUT2D eigenvalue weighted by molar-refractivity contribution is 5.55. The Balaban J connectivity index is 1.34. The number of aromatic nitrogens is 6. The average Bonchev–Trinajstić information content (AvgIpc) is 3.41. The van der Waals surface area contributed by atoms with Gasteiger partial charge in [0.25, 0.3) is 5.78 Å². The van der Waals surface area contributed by atoms with Gasteiger partial charge in [0, 0.05) is 48.7 Å².